The number of nitrogens with zero attached hydrogens (tertiary/aromatic N) is 1. The normalized spacial score (nSPS) is 17.5. The standard InChI is InChI=1S/C35H68N5O9PS.CH4/c1-6-20-46-23-17-36-32(41)26-40(27-33(42)37-18-24-47-21-7-2)31(35(44)39-19-25-48-22-8-3)11-9-10-16-38-34(43)29-12-14-30(15-13-29)49-50(45,51)28(4)5;/h28-31H,6-27H2,1-5H3,(H,36,41)(H,37,42)(H,38,43)(H,39,44)(H,45,51);1H4/p-1. The molecule has 4 amide bonds. The minimum Gasteiger partial charge on any atom is -0.800 e. The highest BCUT2D eigenvalue weighted by Crippen LogP contribution is 2.46. The first-order valence-electron chi connectivity index (χ1n) is 19.0. The quantitative estimate of drug-likeness (QED) is 0.0623. The molecule has 4 N–H and O–H groups in total. The van der Waals surface area contributed by atoms with Gasteiger partial charge in [0.25, 0.3) is 0 Å². The topological polar surface area (TPSA) is 180 Å². The summed E-state index contributed by atoms with van der Waals surface area (Å²) in [5, 5.41) is 11.6. The minimum atomic E-state index is -3.08. The second-order valence-electron chi connectivity index (χ2n) is 13.2. The highest BCUT2D eigenvalue weighted by atomic mass is 32.5. The van der Waals surface area contributed by atoms with E-state index in [2.05, 4.69) is 21.3 Å². The SMILES string of the molecule is C.CCCOCCNC(=O)CN(CC(=O)NCCOCCC)C(CCCCNC(=O)C1CCC(OP([O-])(=S)C(C)C)CC1)C(=O)NCCOCCC. The van der Waals surface area contributed by atoms with E-state index < -0.39 is 12.5 Å². The average molecular weight is 781 g/mol. The van der Waals surface area contributed by atoms with Gasteiger partial charge in [0.15, 0.2) is 0 Å². The van der Waals surface area contributed by atoms with Crippen LogP contribution in [0.3, 0.4) is 0 Å². The van der Waals surface area contributed by atoms with Crippen LogP contribution in [0.4, 0.5) is 0 Å². The Balaban J connectivity index is 0.0000260. The molecule has 0 saturated heterocycles. The van der Waals surface area contributed by atoms with Gasteiger partial charge < -0.3 is 44.9 Å². The molecule has 14 nitrogen and oxygen atoms in total. The molecule has 16 heteroatoms. The Hall–Kier alpha value is -1.71. The molecule has 0 spiro atoms. The van der Waals surface area contributed by atoms with Gasteiger partial charge in [-0.25, -0.2) is 0 Å². The van der Waals surface area contributed by atoms with E-state index in [-0.39, 0.29) is 61.8 Å². The van der Waals surface area contributed by atoms with Crippen LogP contribution in [0.25, 0.3) is 0 Å². The first-order valence-corrected chi connectivity index (χ1v) is 21.7. The van der Waals surface area contributed by atoms with E-state index in [1.165, 1.54) is 0 Å². The van der Waals surface area contributed by atoms with Crippen molar-refractivity contribution < 1.29 is 42.8 Å². The fourth-order valence-electron chi connectivity index (χ4n) is 5.44. The highest BCUT2D eigenvalue weighted by Gasteiger charge is 2.30. The van der Waals surface area contributed by atoms with Crippen molar-refractivity contribution in [2.24, 2.45) is 5.92 Å². The Labute approximate surface area is 319 Å². The van der Waals surface area contributed by atoms with E-state index in [9.17, 15) is 24.1 Å². The van der Waals surface area contributed by atoms with Crippen LogP contribution in [-0.2, 0) is 49.7 Å². The molecular weight excluding hydrogens is 709 g/mol. The van der Waals surface area contributed by atoms with Crippen molar-refractivity contribution in [1.29, 1.82) is 0 Å². The zero-order valence-corrected chi connectivity index (χ0v) is 33.6. The van der Waals surface area contributed by atoms with Gasteiger partial charge in [0.1, 0.15) is 0 Å². The van der Waals surface area contributed by atoms with Gasteiger partial charge in [-0.05, 0) is 76.4 Å². The summed E-state index contributed by atoms with van der Waals surface area (Å²) >= 11 is 5.17. The predicted octanol–water partition coefficient (Wildman–Crippen LogP) is 2.86. The van der Waals surface area contributed by atoms with Crippen LogP contribution in [0.5, 0.6) is 0 Å². The zero-order valence-electron chi connectivity index (χ0n) is 31.8. The third-order valence-corrected chi connectivity index (χ3v) is 11.7. The second kappa shape index (κ2) is 30.6. The molecule has 1 fully saturated rings. The van der Waals surface area contributed by atoms with Gasteiger partial charge in [0, 0.05) is 51.9 Å². The molecule has 1 rings (SSSR count). The summed E-state index contributed by atoms with van der Waals surface area (Å²) < 4.78 is 22.2. The number of amides is 4. The number of ether oxygens (including phenoxy) is 3. The van der Waals surface area contributed by atoms with Gasteiger partial charge in [-0.3, -0.25) is 24.1 Å². The number of nitrogens with one attached hydrogen (secondary N) is 4. The lowest BCUT2D eigenvalue weighted by Gasteiger charge is -2.38. The predicted molar refractivity (Wildman–Crippen MR) is 208 cm³/mol. The summed E-state index contributed by atoms with van der Waals surface area (Å²) in [7, 11) is 0. The summed E-state index contributed by atoms with van der Waals surface area (Å²) in [6, 6.07) is -0.766. The van der Waals surface area contributed by atoms with Gasteiger partial charge in [0.2, 0.25) is 23.6 Å². The summed E-state index contributed by atoms with van der Waals surface area (Å²) in [5.74, 6) is -1.09. The average Bonchev–Trinajstić information content (AvgIpc) is 3.09. The number of unbranched alkanes of at least 4 members (excludes halogenated alkanes) is 1. The molecule has 1 aliphatic rings. The molecule has 0 heterocycles. The van der Waals surface area contributed by atoms with Crippen molar-refractivity contribution >= 4 is 41.9 Å². The maximum absolute atomic E-state index is 13.6. The number of carbonyl (C=O) groups is 4. The first kappa shape index (κ1) is 50.3. The van der Waals surface area contributed by atoms with Gasteiger partial charge in [-0.15, -0.1) is 0 Å². The number of hydrogen-bond donors (Lipinski definition) is 4. The molecule has 0 aliphatic heterocycles. The Bertz CT molecular complexity index is 1010. The number of rotatable bonds is 30. The third kappa shape index (κ3) is 23.2. The molecule has 0 aromatic heterocycles. The lowest BCUT2D eigenvalue weighted by atomic mass is 9.87. The molecule has 306 valence electrons. The molecule has 0 bridgehead atoms. The third-order valence-electron chi connectivity index (χ3n) is 8.34. The van der Waals surface area contributed by atoms with Gasteiger partial charge >= 0.3 is 0 Å². The van der Waals surface area contributed by atoms with Gasteiger partial charge in [0.05, 0.1) is 45.1 Å². The molecule has 0 radical (unpaired) electrons. The zero-order chi connectivity index (χ0) is 37.9. The highest BCUT2D eigenvalue weighted by molar-refractivity contribution is 8.09. The fraction of sp³-hybridized carbons (Fsp3) is 0.889. The fourth-order valence-corrected chi connectivity index (χ4v) is 6.68. The van der Waals surface area contributed by atoms with Crippen molar-refractivity contribution in [1.82, 2.24) is 26.2 Å². The maximum Gasteiger partial charge on any atom is 0.237 e. The molecule has 0 aromatic carbocycles. The maximum atomic E-state index is 13.6. The molecule has 2 unspecified atom stereocenters. The summed E-state index contributed by atoms with van der Waals surface area (Å²) in [6.07, 6.45) is 6.55. The Morgan fingerprint density at radius 3 is 1.67 bits per heavy atom. The van der Waals surface area contributed by atoms with Crippen LogP contribution in [0, 0.1) is 5.92 Å². The largest absolute Gasteiger partial charge is 0.800 e. The molecular formula is C36H71N5O9PS-. The summed E-state index contributed by atoms with van der Waals surface area (Å²) in [5.41, 5.74) is -0.216. The van der Waals surface area contributed by atoms with Crippen LogP contribution in [-0.4, -0.2) is 125 Å². The van der Waals surface area contributed by atoms with E-state index in [1.54, 1.807) is 18.7 Å². The molecule has 0 aromatic rings. The van der Waals surface area contributed by atoms with Crippen LogP contribution in [0.15, 0.2) is 0 Å². The number of carbonyl (C=O) groups excluding carboxylic acids is 4. The van der Waals surface area contributed by atoms with Crippen molar-refractivity contribution in [2.75, 3.05) is 78.9 Å². The van der Waals surface area contributed by atoms with Crippen LogP contribution in [0.1, 0.15) is 106 Å². The van der Waals surface area contributed by atoms with E-state index in [0.29, 0.717) is 111 Å². The van der Waals surface area contributed by atoms with Gasteiger partial charge in [-0.2, -0.15) is 0 Å². The second-order valence-corrected chi connectivity index (χ2v) is 17.1. The van der Waals surface area contributed by atoms with Crippen LogP contribution in [0.2, 0.25) is 0 Å². The molecule has 1 aliphatic carbocycles. The molecule has 1 saturated carbocycles. The van der Waals surface area contributed by atoms with E-state index in [1.807, 2.05) is 20.8 Å². The minimum absolute atomic E-state index is 0. The smallest absolute Gasteiger partial charge is 0.237 e. The van der Waals surface area contributed by atoms with Crippen LogP contribution >= 0.6 is 6.49 Å². The van der Waals surface area contributed by atoms with Crippen molar-refractivity contribution in [2.45, 2.75) is 124 Å². The lowest BCUT2D eigenvalue weighted by molar-refractivity contribution is -0.189. The van der Waals surface area contributed by atoms with Crippen molar-refractivity contribution in [3.05, 3.63) is 0 Å². The van der Waals surface area contributed by atoms with E-state index in [0.717, 1.165) is 19.3 Å². The molecule has 52 heavy (non-hydrogen) atoms. The van der Waals surface area contributed by atoms with Crippen LogP contribution < -0.4 is 26.2 Å². The summed E-state index contributed by atoms with van der Waals surface area (Å²) in [6.45, 7) is 10.5. The van der Waals surface area contributed by atoms with Crippen molar-refractivity contribution in [3.63, 3.8) is 0 Å². The summed E-state index contributed by atoms with van der Waals surface area (Å²) in [4.78, 5) is 66.6. The lowest BCUT2D eigenvalue weighted by Crippen LogP contribution is -2.54. The Morgan fingerprint density at radius 2 is 1.21 bits per heavy atom. The van der Waals surface area contributed by atoms with E-state index in [4.69, 9.17) is 30.5 Å². The van der Waals surface area contributed by atoms with Crippen molar-refractivity contribution in [3.8, 4) is 0 Å². The monoisotopic (exact) mass is 780 g/mol. The molecule has 2 atom stereocenters. The Kier molecular flexibility index (Phi) is 29.6. The first-order chi connectivity index (χ1) is 24.4. The van der Waals surface area contributed by atoms with E-state index >= 15 is 0 Å². The Morgan fingerprint density at radius 1 is 0.731 bits per heavy atom. The number of hydrogen-bond acceptors (Lipinski definition) is 11. The van der Waals surface area contributed by atoms with Gasteiger partial charge in [-0.1, -0.05) is 53.9 Å².